The van der Waals surface area contributed by atoms with Gasteiger partial charge in [0.15, 0.2) is 0 Å². The first-order chi connectivity index (χ1) is 32.1. The first-order valence-corrected chi connectivity index (χ1v) is 34.3. The minimum Gasteiger partial charge on any atom is -0.0876 e. The van der Waals surface area contributed by atoms with Crippen LogP contribution in [0.3, 0.4) is 0 Å². The zero-order valence-electron chi connectivity index (χ0n) is 35.4. The van der Waals surface area contributed by atoms with Crippen molar-refractivity contribution in [3.05, 3.63) is 176 Å². The highest BCUT2D eigenvalue weighted by atomic mass is 79.9. The van der Waals surface area contributed by atoms with Crippen LogP contribution in [-0.4, -0.2) is 0 Å². The summed E-state index contributed by atoms with van der Waals surface area (Å²) in [5.74, 6) is 0. The monoisotopic (exact) mass is 1640 g/mol. The third kappa shape index (κ3) is 12.4. The van der Waals surface area contributed by atoms with Gasteiger partial charge in [-0.15, -0.1) is 0 Å². The Balaban J connectivity index is 1.97. The number of hydrogen-bond acceptors (Lipinski definition) is 0. The molecule has 0 aliphatic heterocycles. The van der Waals surface area contributed by atoms with E-state index in [1.807, 2.05) is 0 Å². The van der Waals surface area contributed by atoms with Crippen molar-refractivity contribution < 1.29 is 0 Å². The van der Waals surface area contributed by atoms with E-state index < -0.39 is 0 Å². The van der Waals surface area contributed by atoms with Gasteiger partial charge in [-0.05, 0) is 134 Å². The molecule has 342 valence electrons. The molecule has 0 unspecified atom stereocenters. The average Bonchev–Trinajstić information content (AvgIpc) is 3.38. The summed E-state index contributed by atoms with van der Waals surface area (Å²) in [6.07, 6.45) is 0. The summed E-state index contributed by atoms with van der Waals surface area (Å²) in [4.78, 5) is 0. The zero-order valence-corrected chi connectivity index (χ0v) is 54.4. The summed E-state index contributed by atoms with van der Waals surface area (Å²) in [5.41, 5.74) is 28.8. The van der Waals surface area contributed by atoms with E-state index in [1.54, 1.807) is 0 Å². The maximum atomic E-state index is 3.90. The lowest BCUT2D eigenvalue weighted by atomic mass is 9.73. The van der Waals surface area contributed by atoms with Gasteiger partial charge in [-0.1, -0.05) is 300 Å². The van der Waals surface area contributed by atoms with E-state index in [2.05, 4.69) is 300 Å². The normalized spacial score (nSPS) is 11.5. The fraction of sp³-hybridized carbons (Fsp3) is 0.222. The minimum atomic E-state index is 0.724. The summed E-state index contributed by atoms with van der Waals surface area (Å²) >= 11 is 46.8. The van der Waals surface area contributed by atoms with Gasteiger partial charge in [0.25, 0.3) is 0 Å². The molecule has 0 atom stereocenters. The molecule has 7 aromatic rings. The van der Waals surface area contributed by atoms with Crippen LogP contribution in [-0.2, 0) is 64.0 Å². The second-order valence-corrected chi connectivity index (χ2v) is 22.8. The number of hydrogen-bond donors (Lipinski definition) is 0. The van der Waals surface area contributed by atoms with Crippen molar-refractivity contribution in [3.8, 4) is 66.8 Å². The Labute approximate surface area is 491 Å². The van der Waals surface area contributed by atoms with Crippen molar-refractivity contribution in [1.82, 2.24) is 0 Å². The van der Waals surface area contributed by atoms with Crippen LogP contribution in [0.5, 0.6) is 0 Å². The summed E-state index contributed by atoms with van der Waals surface area (Å²) in [7, 11) is 0. The molecule has 0 fully saturated rings. The topological polar surface area (TPSA) is 0 Å². The standard InChI is InChI=1S/C54H42Br12/c55-19-31-1-32(20-56)8-43(7-31)49-50(44-9-33(21-57)2-34(10-44)22-58)52(46-13-37(25-61)4-38(14-46)26-62)54(48-17-41(29-65)6-42(18-48)30-66)53(47-15-39(27-63)5-40(16-47)28-64)51(49)45-11-35(23-59)3-36(12-45)24-60/h1-18H,19-30H2. The average molecular weight is 1650 g/mol. The van der Waals surface area contributed by atoms with Gasteiger partial charge < -0.3 is 0 Å². The molecular formula is C54H42Br12. The lowest BCUT2D eigenvalue weighted by Gasteiger charge is -2.30. The Hall–Kier alpha value is 0.300. The Morgan fingerprint density at radius 1 is 0.152 bits per heavy atom. The lowest BCUT2D eigenvalue weighted by Crippen LogP contribution is -2.05. The van der Waals surface area contributed by atoms with E-state index in [9.17, 15) is 0 Å². The third-order valence-electron chi connectivity index (χ3n) is 11.4. The maximum Gasteiger partial charge on any atom is 0.0283 e. The first-order valence-electron chi connectivity index (χ1n) is 20.8. The quantitative estimate of drug-likeness (QED) is 0.0751. The van der Waals surface area contributed by atoms with E-state index in [1.165, 1.54) is 134 Å². The van der Waals surface area contributed by atoms with E-state index in [0.29, 0.717) is 0 Å². The largest absolute Gasteiger partial charge is 0.0876 e. The van der Waals surface area contributed by atoms with Gasteiger partial charge in [0, 0.05) is 64.0 Å². The summed E-state index contributed by atoms with van der Waals surface area (Å²) in [6, 6.07) is 42.7. The molecule has 0 aliphatic rings. The fourth-order valence-electron chi connectivity index (χ4n) is 8.85. The van der Waals surface area contributed by atoms with Gasteiger partial charge in [0.1, 0.15) is 0 Å². The van der Waals surface area contributed by atoms with Crippen molar-refractivity contribution in [2.75, 3.05) is 0 Å². The van der Waals surface area contributed by atoms with Crippen LogP contribution in [0.1, 0.15) is 66.8 Å². The van der Waals surface area contributed by atoms with Crippen LogP contribution in [0, 0.1) is 0 Å². The first kappa shape index (κ1) is 54.1. The number of alkyl halides is 12. The van der Waals surface area contributed by atoms with Crippen LogP contribution < -0.4 is 0 Å². The second-order valence-electron chi connectivity index (χ2n) is 16.1. The van der Waals surface area contributed by atoms with Gasteiger partial charge in [-0.25, -0.2) is 0 Å². The number of benzene rings is 7. The summed E-state index contributed by atoms with van der Waals surface area (Å²) < 4.78 is 0. The molecule has 0 saturated heterocycles. The Bertz CT molecular complexity index is 2210. The maximum absolute atomic E-state index is 3.90. The van der Waals surface area contributed by atoms with Crippen molar-refractivity contribution >= 4 is 191 Å². The van der Waals surface area contributed by atoms with E-state index >= 15 is 0 Å². The molecular weight excluding hydrogens is 1610 g/mol. The van der Waals surface area contributed by atoms with Crippen molar-refractivity contribution in [3.63, 3.8) is 0 Å². The summed E-state index contributed by atoms with van der Waals surface area (Å²) in [6.45, 7) is 0. The minimum absolute atomic E-state index is 0.724. The van der Waals surface area contributed by atoms with Crippen LogP contribution in [0.25, 0.3) is 66.8 Å². The molecule has 0 saturated carbocycles. The highest BCUT2D eigenvalue weighted by Crippen LogP contribution is 2.57. The Morgan fingerprint density at radius 2 is 0.242 bits per heavy atom. The van der Waals surface area contributed by atoms with Gasteiger partial charge in [-0.2, -0.15) is 0 Å². The van der Waals surface area contributed by atoms with Crippen LogP contribution in [0.15, 0.2) is 109 Å². The van der Waals surface area contributed by atoms with Gasteiger partial charge in [0.2, 0.25) is 0 Å². The van der Waals surface area contributed by atoms with Crippen molar-refractivity contribution in [2.45, 2.75) is 64.0 Å². The SMILES string of the molecule is BrCc1cc(CBr)cc(-c2c(-c3cc(CBr)cc(CBr)c3)c(-c3cc(CBr)cc(CBr)c3)c(-c3cc(CBr)cc(CBr)c3)c(-c3cc(CBr)cc(CBr)c3)c2-c2cc(CBr)cc(CBr)c2)c1. The predicted octanol–water partition coefficient (Wildman–Crippen LogP) is 22.4. The Kier molecular flexibility index (Phi) is 21.1. The number of halogens is 12. The van der Waals surface area contributed by atoms with Gasteiger partial charge in [-0.3, -0.25) is 0 Å². The smallest absolute Gasteiger partial charge is 0.0283 e. The molecule has 12 heteroatoms. The summed E-state index contributed by atoms with van der Waals surface area (Å²) in [5, 5.41) is 8.68. The molecule has 66 heavy (non-hydrogen) atoms. The molecule has 7 aromatic carbocycles. The van der Waals surface area contributed by atoms with Crippen LogP contribution in [0.4, 0.5) is 0 Å². The lowest BCUT2D eigenvalue weighted by molar-refractivity contribution is 1.32. The highest BCUT2D eigenvalue weighted by molar-refractivity contribution is 9.10. The number of rotatable bonds is 18. The van der Waals surface area contributed by atoms with Crippen molar-refractivity contribution in [1.29, 1.82) is 0 Å². The molecule has 0 aliphatic carbocycles. The second kappa shape index (κ2) is 25.8. The van der Waals surface area contributed by atoms with Crippen molar-refractivity contribution in [2.24, 2.45) is 0 Å². The molecule has 0 N–H and O–H groups in total. The molecule has 0 radical (unpaired) electrons. The molecule has 0 amide bonds. The molecule has 0 nitrogen and oxygen atoms in total. The van der Waals surface area contributed by atoms with E-state index in [4.69, 9.17) is 0 Å². The molecule has 0 spiro atoms. The Morgan fingerprint density at radius 3 is 0.318 bits per heavy atom. The van der Waals surface area contributed by atoms with Gasteiger partial charge >= 0.3 is 0 Å². The zero-order chi connectivity index (χ0) is 47.1. The van der Waals surface area contributed by atoms with Gasteiger partial charge in [0.05, 0.1) is 0 Å². The van der Waals surface area contributed by atoms with E-state index in [-0.39, 0.29) is 0 Å². The molecule has 0 aromatic heterocycles. The third-order valence-corrected chi connectivity index (χ3v) is 19.2. The van der Waals surface area contributed by atoms with Crippen LogP contribution in [0.2, 0.25) is 0 Å². The van der Waals surface area contributed by atoms with Crippen LogP contribution >= 0.6 is 191 Å². The predicted molar refractivity (Wildman–Crippen MR) is 331 cm³/mol. The molecule has 7 rings (SSSR count). The van der Waals surface area contributed by atoms with E-state index in [0.717, 1.165) is 64.0 Å². The molecule has 0 heterocycles. The fourth-order valence-corrected chi connectivity index (χ4v) is 12.7. The highest BCUT2D eigenvalue weighted by Gasteiger charge is 2.31. The molecule has 0 bridgehead atoms.